The van der Waals surface area contributed by atoms with Gasteiger partial charge in [-0.15, -0.1) is 0 Å². The summed E-state index contributed by atoms with van der Waals surface area (Å²) in [5.74, 6) is -0.493. The molecule has 0 atom stereocenters. The average molecular weight is 444 g/mol. The van der Waals surface area contributed by atoms with Crippen LogP contribution in [0, 0.1) is 0 Å². The van der Waals surface area contributed by atoms with E-state index in [0.29, 0.717) is 25.2 Å². The maximum absolute atomic E-state index is 12.2. The minimum Gasteiger partial charge on any atom is -0.457 e. The van der Waals surface area contributed by atoms with Crippen molar-refractivity contribution < 1.29 is 27.4 Å². The van der Waals surface area contributed by atoms with Gasteiger partial charge in [-0.1, -0.05) is 40.2 Å². The number of amides is 1. The minimum absolute atomic E-state index is 0.171. The van der Waals surface area contributed by atoms with Gasteiger partial charge >= 0.3 is 12.1 Å². The Labute approximate surface area is 162 Å². The van der Waals surface area contributed by atoms with Crippen LogP contribution in [0.1, 0.15) is 18.4 Å². The Bertz CT molecular complexity index is 793. The molecule has 0 aliphatic heterocycles. The van der Waals surface area contributed by atoms with Crippen LogP contribution in [0.4, 0.5) is 13.2 Å². The van der Waals surface area contributed by atoms with Gasteiger partial charge in [0.1, 0.15) is 11.5 Å². The zero-order chi connectivity index (χ0) is 19.4. The molecule has 1 amide bonds. The van der Waals surface area contributed by atoms with E-state index in [1.165, 1.54) is 0 Å². The van der Waals surface area contributed by atoms with Crippen molar-refractivity contribution in [1.82, 2.24) is 5.32 Å². The molecule has 0 saturated heterocycles. The number of nitrogens with one attached hydrogen (secondary N) is 1. The van der Waals surface area contributed by atoms with Crippen LogP contribution in [0.2, 0.25) is 0 Å². The Morgan fingerprint density at radius 2 is 1.81 bits per heavy atom. The molecule has 4 nitrogen and oxygen atoms in total. The molecule has 2 aromatic rings. The number of carbonyl (C=O) groups is 1. The number of hydrogen-bond donors (Lipinski definition) is 1. The summed E-state index contributed by atoms with van der Waals surface area (Å²) in [5, 5.41) is 1.96. The maximum atomic E-state index is 12.2. The van der Waals surface area contributed by atoms with Crippen LogP contribution in [-0.4, -0.2) is 24.2 Å². The highest BCUT2D eigenvalue weighted by atomic mass is 79.9. The van der Waals surface area contributed by atoms with Gasteiger partial charge in [0.25, 0.3) is 0 Å². The molecule has 1 aliphatic carbocycles. The molecule has 0 radical (unpaired) electrons. The van der Waals surface area contributed by atoms with Gasteiger partial charge in [0, 0.05) is 10.5 Å². The van der Waals surface area contributed by atoms with Gasteiger partial charge in [0.05, 0.1) is 12.7 Å². The van der Waals surface area contributed by atoms with Crippen molar-refractivity contribution in [3.63, 3.8) is 0 Å². The van der Waals surface area contributed by atoms with Crippen molar-refractivity contribution in [2.24, 2.45) is 0 Å². The highest BCUT2D eigenvalue weighted by molar-refractivity contribution is 9.10. The Balaban J connectivity index is 1.45. The second-order valence-electron chi connectivity index (χ2n) is 6.24. The first-order valence-electron chi connectivity index (χ1n) is 8.32. The first kappa shape index (κ1) is 19.7. The molecule has 27 heavy (non-hydrogen) atoms. The van der Waals surface area contributed by atoms with E-state index in [4.69, 9.17) is 9.47 Å². The molecule has 1 fully saturated rings. The molecule has 0 spiro atoms. The molecule has 0 bridgehead atoms. The van der Waals surface area contributed by atoms with E-state index in [2.05, 4.69) is 15.9 Å². The van der Waals surface area contributed by atoms with Crippen molar-refractivity contribution >= 4 is 21.8 Å². The van der Waals surface area contributed by atoms with Gasteiger partial charge in [-0.25, -0.2) is 0 Å². The van der Waals surface area contributed by atoms with Gasteiger partial charge in [0.15, 0.2) is 0 Å². The number of ether oxygens (including phenoxy) is 2. The predicted octanol–water partition coefficient (Wildman–Crippen LogP) is 4.97. The molecule has 3 rings (SSSR count). The Morgan fingerprint density at radius 1 is 1.11 bits per heavy atom. The molecule has 0 unspecified atom stereocenters. The summed E-state index contributed by atoms with van der Waals surface area (Å²) in [6.07, 6.45) is -4.28. The molecule has 2 aromatic carbocycles. The van der Waals surface area contributed by atoms with E-state index in [9.17, 15) is 18.0 Å². The lowest BCUT2D eigenvalue weighted by molar-refractivity contribution is -0.176. The first-order chi connectivity index (χ1) is 12.8. The van der Waals surface area contributed by atoms with Crippen LogP contribution < -0.4 is 10.1 Å². The largest absolute Gasteiger partial charge is 0.471 e. The molecule has 0 aromatic heterocycles. The van der Waals surface area contributed by atoms with Gasteiger partial charge in [0.2, 0.25) is 0 Å². The van der Waals surface area contributed by atoms with Crippen LogP contribution in [0.15, 0.2) is 53.0 Å². The zero-order valence-corrected chi connectivity index (χ0v) is 15.7. The monoisotopic (exact) mass is 443 g/mol. The summed E-state index contributed by atoms with van der Waals surface area (Å²) in [6, 6.07) is 14.4. The molecule has 1 aliphatic rings. The molecular weight excluding hydrogens is 427 g/mol. The highest BCUT2D eigenvalue weighted by Gasteiger charge is 2.42. The number of hydrogen-bond acceptors (Lipinski definition) is 3. The fourth-order valence-electron chi connectivity index (χ4n) is 2.63. The third-order valence-corrected chi connectivity index (χ3v) is 4.90. The fraction of sp³-hybridized carbons (Fsp3) is 0.316. The topological polar surface area (TPSA) is 47.6 Å². The van der Waals surface area contributed by atoms with Crippen LogP contribution in [0.25, 0.3) is 0 Å². The molecule has 144 valence electrons. The Kier molecular flexibility index (Phi) is 6.06. The first-order valence-corrected chi connectivity index (χ1v) is 9.11. The summed E-state index contributed by atoms with van der Waals surface area (Å²) >= 11 is 3.47. The normalized spacial score (nSPS) is 19.3. The lowest BCUT2D eigenvalue weighted by Crippen LogP contribution is -2.51. The number of para-hydroxylation sites is 1. The summed E-state index contributed by atoms with van der Waals surface area (Å²) < 4.78 is 48.8. The lowest BCUT2D eigenvalue weighted by atomic mass is 9.89. The van der Waals surface area contributed by atoms with E-state index < -0.39 is 18.1 Å². The number of halogens is 4. The number of benzene rings is 2. The van der Waals surface area contributed by atoms with Crippen molar-refractivity contribution in [2.45, 2.75) is 37.8 Å². The zero-order valence-electron chi connectivity index (χ0n) is 14.1. The Morgan fingerprint density at radius 3 is 2.44 bits per heavy atom. The van der Waals surface area contributed by atoms with Crippen LogP contribution in [0.5, 0.6) is 11.5 Å². The van der Waals surface area contributed by atoms with Gasteiger partial charge in [-0.2, -0.15) is 13.2 Å². The number of alkyl halides is 3. The Hall–Kier alpha value is -2.06. The number of rotatable bonds is 6. The fourth-order valence-corrected chi connectivity index (χ4v) is 3.10. The van der Waals surface area contributed by atoms with E-state index in [-0.39, 0.29) is 6.10 Å². The average Bonchev–Trinajstić information content (AvgIpc) is 2.58. The second-order valence-corrected chi connectivity index (χ2v) is 7.10. The third-order valence-electron chi connectivity index (χ3n) is 4.17. The molecule has 8 heteroatoms. The smallest absolute Gasteiger partial charge is 0.457 e. The predicted molar refractivity (Wildman–Crippen MR) is 96.5 cm³/mol. The van der Waals surface area contributed by atoms with Crippen molar-refractivity contribution in [3.8, 4) is 11.5 Å². The summed E-state index contributed by atoms with van der Waals surface area (Å²) in [6.45, 7) is 0.316. The van der Waals surface area contributed by atoms with Crippen molar-refractivity contribution in [1.29, 1.82) is 0 Å². The highest BCUT2D eigenvalue weighted by Crippen LogP contribution is 2.30. The summed E-state index contributed by atoms with van der Waals surface area (Å²) in [7, 11) is 0. The van der Waals surface area contributed by atoms with E-state index >= 15 is 0 Å². The lowest BCUT2D eigenvalue weighted by Gasteiger charge is -2.35. The van der Waals surface area contributed by atoms with Crippen LogP contribution in [-0.2, 0) is 16.1 Å². The van der Waals surface area contributed by atoms with Gasteiger partial charge < -0.3 is 14.8 Å². The second kappa shape index (κ2) is 8.31. The SMILES string of the molecule is O=C(N[C@H]1C[C@@H](OCc2ccc(Oc3ccccc3)cc2Br)C1)C(F)(F)F. The third kappa shape index (κ3) is 5.46. The van der Waals surface area contributed by atoms with Gasteiger partial charge in [-0.3, -0.25) is 4.79 Å². The van der Waals surface area contributed by atoms with Crippen molar-refractivity contribution in [2.75, 3.05) is 0 Å². The minimum atomic E-state index is -4.85. The quantitative estimate of drug-likeness (QED) is 0.685. The van der Waals surface area contributed by atoms with E-state index in [1.807, 2.05) is 53.8 Å². The van der Waals surface area contributed by atoms with E-state index in [0.717, 1.165) is 15.8 Å². The molecule has 1 N–H and O–H groups in total. The molecule has 1 saturated carbocycles. The van der Waals surface area contributed by atoms with Crippen LogP contribution in [0.3, 0.4) is 0 Å². The maximum Gasteiger partial charge on any atom is 0.471 e. The van der Waals surface area contributed by atoms with E-state index in [1.54, 1.807) is 0 Å². The number of carbonyl (C=O) groups excluding carboxylic acids is 1. The molecular formula is C19H17BrF3NO3. The summed E-state index contributed by atoms with van der Waals surface area (Å²) in [4.78, 5) is 10.9. The van der Waals surface area contributed by atoms with Crippen molar-refractivity contribution in [3.05, 3.63) is 58.6 Å². The summed E-state index contributed by atoms with van der Waals surface area (Å²) in [5.41, 5.74) is 0.901. The molecule has 0 heterocycles. The standard InChI is InChI=1S/C19H17BrF3NO3/c20-17-10-15(27-14-4-2-1-3-5-14)7-6-12(17)11-26-16-8-13(9-16)24-18(25)19(21,22)23/h1-7,10,13,16H,8-9,11H2,(H,24,25)/t13-,16+. The van der Waals surface area contributed by atoms with Crippen LogP contribution >= 0.6 is 15.9 Å². The van der Waals surface area contributed by atoms with Gasteiger partial charge in [-0.05, 0) is 42.7 Å².